The molecule has 0 radical (unpaired) electrons. The Hall–Kier alpha value is -1.83. The van der Waals surface area contributed by atoms with E-state index in [1.54, 1.807) is 32.1 Å². The Morgan fingerprint density at radius 1 is 1.25 bits per heavy atom. The second-order valence-electron chi connectivity index (χ2n) is 9.51. The molecule has 0 saturated carbocycles. The molecule has 0 bridgehead atoms. The van der Waals surface area contributed by atoms with Crippen LogP contribution in [0.3, 0.4) is 0 Å². The van der Waals surface area contributed by atoms with Crippen LogP contribution in [0.25, 0.3) is 6.08 Å². The van der Waals surface area contributed by atoms with Crippen molar-refractivity contribution in [1.29, 1.82) is 0 Å². The van der Waals surface area contributed by atoms with Gasteiger partial charge in [-0.2, -0.15) is 0 Å². The van der Waals surface area contributed by atoms with E-state index in [2.05, 4.69) is 4.98 Å². The van der Waals surface area contributed by atoms with Gasteiger partial charge in [-0.3, -0.25) is 9.59 Å². The number of carbonyl (C=O) groups is 2. The minimum atomic E-state index is -1.21. The van der Waals surface area contributed by atoms with Crippen molar-refractivity contribution in [3.63, 3.8) is 0 Å². The number of allylic oxidation sites excluding steroid dienone is 1. The number of Topliss-reactive ketones (excluding diaryl/α,β-unsaturated/α-hetero) is 1. The lowest BCUT2D eigenvalue weighted by Crippen LogP contribution is -2.45. The summed E-state index contributed by atoms with van der Waals surface area (Å²) in [5, 5.41) is 24.3. The predicted octanol–water partition coefficient (Wildman–Crippen LogP) is 4.49. The van der Waals surface area contributed by atoms with Crippen LogP contribution in [0.2, 0.25) is 0 Å². The first-order valence-electron chi connectivity index (χ1n) is 11.3. The van der Waals surface area contributed by atoms with Gasteiger partial charge in [-0.15, -0.1) is 11.3 Å². The Morgan fingerprint density at radius 3 is 2.56 bits per heavy atom. The molecule has 1 aliphatic rings. The number of carbonyl (C=O) groups excluding carboxylic acids is 2. The SMILES string of the molecule is C/C(=C\c1csc(C)n1)[C@@H]1C/C=C\CC[C@H](C)[C@H](O)[C@@H](C)C(=O)C(C)(C)[C@@H](O)CC(=O)O1. The molecule has 1 aromatic heterocycles. The first kappa shape index (κ1) is 26.4. The largest absolute Gasteiger partial charge is 0.457 e. The van der Waals surface area contributed by atoms with Crippen LogP contribution in [0.1, 0.15) is 71.0 Å². The van der Waals surface area contributed by atoms with Crippen LogP contribution >= 0.6 is 11.3 Å². The number of aryl methyl sites for hydroxylation is 1. The molecule has 6 nitrogen and oxygen atoms in total. The minimum absolute atomic E-state index is 0.0695. The smallest absolute Gasteiger partial charge is 0.309 e. The van der Waals surface area contributed by atoms with Crippen LogP contribution in [0, 0.1) is 24.2 Å². The molecule has 2 heterocycles. The van der Waals surface area contributed by atoms with Crippen molar-refractivity contribution in [3.8, 4) is 0 Å². The number of cyclic esters (lactones) is 1. The van der Waals surface area contributed by atoms with Gasteiger partial charge in [-0.05, 0) is 44.3 Å². The summed E-state index contributed by atoms with van der Waals surface area (Å²) < 4.78 is 5.73. The van der Waals surface area contributed by atoms with E-state index in [4.69, 9.17) is 4.74 Å². The average Bonchev–Trinajstić information content (AvgIpc) is 3.14. The average molecular weight is 464 g/mol. The summed E-state index contributed by atoms with van der Waals surface area (Å²) >= 11 is 1.56. The van der Waals surface area contributed by atoms with E-state index in [0.717, 1.165) is 29.1 Å². The zero-order chi connectivity index (χ0) is 24.1. The van der Waals surface area contributed by atoms with Gasteiger partial charge in [-0.25, -0.2) is 4.98 Å². The maximum Gasteiger partial charge on any atom is 0.309 e. The number of ether oxygens (including phenoxy) is 1. The molecule has 32 heavy (non-hydrogen) atoms. The number of ketones is 1. The van der Waals surface area contributed by atoms with E-state index in [0.29, 0.717) is 6.42 Å². The Kier molecular flexibility index (Phi) is 9.37. The molecule has 2 rings (SSSR count). The summed E-state index contributed by atoms with van der Waals surface area (Å²) in [6.07, 6.45) is 5.11. The summed E-state index contributed by atoms with van der Waals surface area (Å²) in [6, 6.07) is 0. The van der Waals surface area contributed by atoms with Crippen LogP contribution in [0.4, 0.5) is 0 Å². The van der Waals surface area contributed by atoms with E-state index >= 15 is 0 Å². The number of hydrogen-bond acceptors (Lipinski definition) is 7. The van der Waals surface area contributed by atoms with Gasteiger partial charge in [0, 0.05) is 17.7 Å². The van der Waals surface area contributed by atoms with Gasteiger partial charge in [-0.1, -0.05) is 39.8 Å². The van der Waals surface area contributed by atoms with Crippen molar-refractivity contribution in [2.24, 2.45) is 17.3 Å². The van der Waals surface area contributed by atoms with Crippen LogP contribution in [0.15, 0.2) is 23.1 Å². The number of esters is 1. The fraction of sp³-hybridized carbons (Fsp3) is 0.640. The number of rotatable bonds is 2. The molecule has 7 heteroatoms. The molecule has 178 valence electrons. The first-order valence-corrected chi connectivity index (χ1v) is 12.2. The van der Waals surface area contributed by atoms with Crippen molar-refractivity contribution in [1.82, 2.24) is 4.98 Å². The van der Waals surface area contributed by atoms with E-state index in [1.807, 2.05) is 44.4 Å². The fourth-order valence-electron chi connectivity index (χ4n) is 3.99. The molecule has 5 atom stereocenters. The van der Waals surface area contributed by atoms with E-state index < -0.39 is 35.6 Å². The van der Waals surface area contributed by atoms with Gasteiger partial charge >= 0.3 is 5.97 Å². The van der Waals surface area contributed by atoms with E-state index in [9.17, 15) is 19.8 Å². The highest BCUT2D eigenvalue weighted by atomic mass is 32.1. The Bertz CT molecular complexity index is 856. The molecule has 1 aromatic rings. The lowest BCUT2D eigenvalue weighted by Gasteiger charge is -2.34. The monoisotopic (exact) mass is 463 g/mol. The third-order valence-electron chi connectivity index (χ3n) is 6.44. The Balaban J connectivity index is 2.29. The standard InChI is InChI=1S/C25H37NO5S/c1-15-10-8-7-9-11-20(16(2)12-19-14-32-18(4)26-19)31-22(28)13-21(27)25(5,6)24(30)17(3)23(15)29/h7,9,12,14-15,17,20-21,23,27,29H,8,10-11,13H2,1-6H3/b9-7-,16-12+/t15-,17+,20-,21-,23-/m0/s1. The number of hydrogen-bond donors (Lipinski definition) is 2. The van der Waals surface area contributed by atoms with Gasteiger partial charge in [0.05, 0.1) is 34.7 Å². The molecule has 0 spiro atoms. The summed E-state index contributed by atoms with van der Waals surface area (Å²) in [4.78, 5) is 30.2. The van der Waals surface area contributed by atoms with Crippen molar-refractivity contribution in [3.05, 3.63) is 33.8 Å². The summed E-state index contributed by atoms with van der Waals surface area (Å²) in [5.41, 5.74) is 0.500. The highest BCUT2D eigenvalue weighted by Gasteiger charge is 2.42. The minimum Gasteiger partial charge on any atom is -0.457 e. The molecule has 0 saturated heterocycles. The molecule has 0 fully saturated rings. The molecule has 0 amide bonds. The van der Waals surface area contributed by atoms with E-state index in [1.165, 1.54) is 0 Å². The Labute approximate surface area is 195 Å². The normalized spacial score (nSPS) is 32.0. The molecule has 0 aromatic carbocycles. The predicted molar refractivity (Wildman–Crippen MR) is 127 cm³/mol. The lowest BCUT2D eigenvalue weighted by atomic mass is 9.73. The van der Waals surface area contributed by atoms with Crippen molar-refractivity contribution < 1.29 is 24.5 Å². The Morgan fingerprint density at radius 2 is 1.94 bits per heavy atom. The molecule has 1 aliphatic heterocycles. The van der Waals surface area contributed by atoms with Gasteiger partial charge < -0.3 is 14.9 Å². The van der Waals surface area contributed by atoms with Crippen molar-refractivity contribution >= 4 is 29.2 Å². The fourth-order valence-corrected chi connectivity index (χ4v) is 4.56. The van der Waals surface area contributed by atoms with Crippen LogP contribution < -0.4 is 0 Å². The zero-order valence-corrected chi connectivity index (χ0v) is 20.8. The van der Waals surface area contributed by atoms with E-state index in [-0.39, 0.29) is 18.1 Å². The highest BCUT2D eigenvalue weighted by molar-refractivity contribution is 7.09. The van der Waals surface area contributed by atoms with Crippen molar-refractivity contribution in [2.75, 3.05) is 0 Å². The summed E-state index contributed by atoms with van der Waals surface area (Å²) in [7, 11) is 0. The van der Waals surface area contributed by atoms with Crippen LogP contribution in [-0.2, 0) is 14.3 Å². The molecule has 0 unspecified atom stereocenters. The second-order valence-corrected chi connectivity index (χ2v) is 10.6. The lowest BCUT2D eigenvalue weighted by molar-refractivity contribution is -0.154. The maximum atomic E-state index is 13.1. The van der Waals surface area contributed by atoms with Crippen LogP contribution in [-0.4, -0.2) is 45.3 Å². The molecule has 2 N–H and O–H groups in total. The topological polar surface area (TPSA) is 96.7 Å². The summed E-state index contributed by atoms with van der Waals surface area (Å²) in [6.45, 7) is 10.7. The van der Waals surface area contributed by atoms with Gasteiger partial charge in [0.1, 0.15) is 11.9 Å². The van der Waals surface area contributed by atoms with Gasteiger partial charge in [0.2, 0.25) is 0 Å². The zero-order valence-electron chi connectivity index (χ0n) is 20.0. The first-order chi connectivity index (χ1) is 14.9. The number of aliphatic hydroxyl groups excluding tert-OH is 2. The molecular formula is C25H37NO5S. The second kappa shape index (κ2) is 11.3. The van der Waals surface area contributed by atoms with Crippen LogP contribution in [0.5, 0.6) is 0 Å². The maximum absolute atomic E-state index is 13.1. The molecule has 0 aliphatic carbocycles. The third-order valence-corrected chi connectivity index (χ3v) is 7.23. The van der Waals surface area contributed by atoms with Gasteiger partial charge in [0.25, 0.3) is 0 Å². The van der Waals surface area contributed by atoms with Gasteiger partial charge in [0.15, 0.2) is 0 Å². The third kappa shape index (κ3) is 6.83. The highest BCUT2D eigenvalue weighted by Crippen LogP contribution is 2.32. The van der Waals surface area contributed by atoms with Crippen molar-refractivity contribution in [2.45, 2.75) is 85.5 Å². The number of thiazole rings is 1. The molecular weight excluding hydrogens is 426 g/mol. The number of nitrogens with zero attached hydrogens (tertiary/aromatic N) is 1. The number of aromatic nitrogens is 1. The summed E-state index contributed by atoms with van der Waals surface area (Å²) in [5.74, 6) is -1.52. The number of aliphatic hydroxyl groups is 2. The quantitative estimate of drug-likeness (QED) is 0.496.